The van der Waals surface area contributed by atoms with E-state index < -0.39 is 0 Å². The van der Waals surface area contributed by atoms with Gasteiger partial charge in [0.2, 0.25) is 0 Å². The number of rotatable bonds is 3. The van der Waals surface area contributed by atoms with Crippen LogP contribution in [0, 0.1) is 0 Å². The van der Waals surface area contributed by atoms with E-state index in [9.17, 15) is 0 Å². The van der Waals surface area contributed by atoms with Crippen LogP contribution < -0.4 is 5.73 Å². The fourth-order valence-electron chi connectivity index (χ4n) is 1.22. The van der Waals surface area contributed by atoms with Gasteiger partial charge in [-0.3, -0.25) is 0 Å². The summed E-state index contributed by atoms with van der Waals surface area (Å²) in [5.74, 6) is 0. The van der Waals surface area contributed by atoms with E-state index in [1.807, 2.05) is 12.2 Å². The summed E-state index contributed by atoms with van der Waals surface area (Å²) in [6, 6.07) is 0. The van der Waals surface area contributed by atoms with Crippen molar-refractivity contribution in [2.75, 3.05) is 6.54 Å². The summed E-state index contributed by atoms with van der Waals surface area (Å²) in [6.45, 7) is 0.728. The highest BCUT2D eigenvalue weighted by Crippen LogP contribution is 2.30. The highest BCUT2D eigenvalue weighted by Gasteiger charge is 2.22. The Morgan fingerprint density at radius 1 is 1.45 bits per heavy atom. The molecular formula is C9H14ClN. The van der Waals surface area contributed by atoms with Crippen molar-refractivity contribution in [3.63, 3.8) is 0 Å². The van der Waals surface area contributed by atoms with Crippen LogP contribution in [-0.2, 0) is 0 Å². The van der Waals surface area contributed by atoms with E-state index in [0.717, 1.165) is 25.8 Å². The van der Waals surface area contributed by atoms with Gasteiger partial charge in [0.05, 0.1) is 4.87 Å². The van der Waals surface area contributed by atoms with Crippen LogP contribution in [0.2, 0.25) is 0 Å². The van der Waals surface area contributed by atoms with Crippen LogP contribution in [0.5, 0.6) is 0 Å². The Balaban J connectivity index is 2.40. The Hall–Kier alpha value is -0.270. The largest absolute Gasteiger partial charge is 0.330 e. The van der Waals surface area contributed by atoms with Crippen LogP contribution in [0.4, 0.5) is 0 Å². The molecule has 0 spiro atoms. The van der Waals surface area contributed by atoms with Gasteiger partial charge in [0.1, 0.15) is 0 Å². The minimum Gasteiger partial charge on any atom is -0.330 e. The van der Waals surface area contributed by atoms with Gasteiger partial charge in [-0.05, 0) is 25.8 Å². The van der Waals surface area contributed by atoms with Crippen molar-refractivity contribution >= 4 is 11.6 Å². The molecule has 1 unspecified atom stereocenters. The molecule has 1 aliphatic rings. The quantitative estimate of drug-likeness (QED) is 0.648. The van der Waals surface area contributed by atoms with E-state index in [1.54, 1.807) is 0 Å². The molecule has 0 aliphatic heterocycles. The zero-order chi connectivity index (χ0) is 8.16. The molecule has 0 fully saturated rings. The van der Waals surface area contributed by atoms with Gasteiger partial charge in [0.25, 0.3) is 0 Å². The van der Waals surface area contributed by atoms with Gasteiger partial charge >= 0.3 is 0 Å². The summed E-state index contributed by atoms with van der Waals surface area (Å²) in [5.41, 5.74) is 5.40. The standard InChI is InChI=1S/C9H14ClN/c10-9(7-4-8-11)5-2-1-3-6-9/h1-3,5H,4,6-8,11H2. The summed E-state index contributed by atoms with van der Waals surface area (Å²) < 4.78 is 0. The highest BCUT2D eigenvalue weighted by molar-refractivity contribution is 6.25. The van der Waals surface area contributed by atoms with Crippen molar-refractivity contribution < 1.29 is 0 Å². The number of hydrogen-bond acceptors (Lipinski definition) is 1. The lowest BCUT2D eigenvalue weighted by Gasteiger charge is -2.23. The molecule has 1 aliphatic carbocycles. The van der Waals surface area contributed by atoms with Crippen molar-refractivity contribution in [2.45, 2.75) is 24.1 Å². The van der Waals surface area contributed by atoms with E-state index in [-0.39, 0.29) is 4.87 Å². The molecule has 11 heavy (non-hydrogen) atoms. The van der Waals surface area contributed by atoms with Crippen LogP contribution in [0.25, 0.3) is 0 Å². The average Bonchev–Trinajstić information content (AvgIpc) is 2.03. The van der Waals surface area contributed by atoms with Crippen LogP contribution in [0.15, 0.2) is 24.3 Å². The molecule has 0 heterocycles. The molecule has 0 radical (unpaired) electrons. The predicted octanol–water partition coefficient (Wildman–Crippen LogP) is 2.22. The van der Waals surface area contributed by atoms with Crippen LogP contribution >= 0.6 is 11.6 Å². The van der Waals surface area contributed by atoms with Gasteiger partial charge < -0.3 is 5.73 Å². The van der Waals surface area contributed by atoms with Gasteiger partial charge in [-0.1, -0.05) is 24.3 Å². The lowest BCUT2D eigenvalue weighted by molar-refractivity contribution is 0.603. The van der Waals surface area contributed by atoms with Gasteiger partial charge in [-0.15, -0.1) is 11.6 Å². The third kappa shape index (κ3) is 2.68. The second-order valence-corrected chi connectivity index (χ2v) is 3.67. The zero-order valence-corrected chi connectivity index (χ0v) is 7.35. The Bertz CT molecular complexity index is 174. The molecule has 2 heteroatoms. The summed E-state index contributed by atoms with van der Waals surface area (Å²) in [6.07, 6.45) is 11.1. The summed E-state index contributed by atoms with van der Waals surface area (Å²) in [7, 11) is 0. The molecule has 0 saturated carbocycles. The first kappa shape index (κ1) is 8.82. The Morgan fingerprint density at radius 3 is 2.82 bits per heavy atom. The Morgan fingerprint density at radius 2 is 2.27 bits per heavy atom. The van der Waals surface area contributed by atoms with Crippen molar-refractivity contribution in [1.82, 2.24) is 0 Å². The minimum absolute atomic E-state index is 0.145. The molecule has 0 bridgehead atoms. The number of halogens is 1. The third-order valence-corrected chi connectivity index (χ3v) is 2.37. The topological polar surface area (TPSA) is 26.0 Å². The molecule has 62 valence electrons. The summed E-state index contributed by atoms with van der Waals surface area (Å²) in [5, 5.41) is 0. The van der Waals surface area contributed by atoms with E-state index >= 15 is 0 Å². The first-order valence-electron chi connectivity index (χ1n) is 4.00. The highest BCUT2D eigenvalue weighted by atomic mass is 35.5. The summed E-state index contributed by atoms with van der Waals surface area (Å²) >= 11 is 6.26. The second kappa shape index (κ2) is 3.93. The fraction of sp³-hybridized carbons (Fsp3) is 0.556. The molecule has 1 nitrogen and oxygen atoms in total. The van der Waals surface area contributed by atoms with Gasteiger partial charge in [-0.25, -0.2) is 0 Å². The molecule has 0 aromatic carbocycles. The van der Waals surface area contributed by atoms with Crippen LogP contribution in [0.3, 0.4) is 0 Å². The Kier molecular flexibility index (Phi) is 3.16. The van der Waals surface area contributed by atoms with E-state index in [2.05, 4.69) is 12.2 Å². The third-order valence-electron chi connectivity index (χ3n) is 1.90. The molecule has 0 aromatic heterocycles. The van der Waals surface area contributed by atoms with E-state index in [1.165, 1.54) is 0 Å². The molecule has 0 aromatic rings. The number of hydrogen-bond donors (Lipinski definition) is 1. The van der Waals surface area contributed by atoms with Crippen molar-refractivity contribution in [3.05, 3.63) is 24.3 Å². The SMILES string of the molecule is NCCCC1(Cl)C=CC=CC1. The van der Waals surface area contributed by atoms with Gasteiger partial charge in [-0.2, -0.15) is 0 Å². The monoisotopic (exact) mass is 171 g/mol. The first-order chi connectivity index (χ1) is 5.27. The normalized spacial score (nSPS) is 29.3. The number of nitrogens with two attached hydrogens (primary N) is 1. The molecule has 1 rings (SSSR count). The maximum atomic E-state index is 6.26. The smallest absolute Gasteiger partial charge is 0.0663 e. The zero-order valence-electron chi connectivity index (χ0n) is 6.59. The minimum atomic E-state index is -0.145. The molecule has 1 atom stereocenters. The van der Waals surface area contributed by atoms with E-state index in [0.29, 0.717) is 0 Å². The maximum absolute atomic E-state index is 6.26. The first-order valence-corrected chi connectivity index (χ1v) is 4.38. The van der Waals surface area contributed by atoms with Crippen molar-refractivity contribution in [3.8, 4) is 0 Å². The van der Waals surface area contributed by atoms with Crippen LogP contribution in [0.1, 0.15) is 19.3 Å². The fourth-order valence-corrected chi connectivity index (χ4v) is 1.52. The maximum Gasteiger partial charge on any atom is 0.0663 e. The second-order valence-electron chi connectivity index (χ2n) is 2.92. The lowest BCUT2D eigenvalue weighted by Crippen LogP contribution is -2.20. The number of allylic oxidation sites excluding steroid dienone is 4. The molecule has 2 N–H and O–H groups in total. The van der Waals surface area contributed by atoms with Crippen LogP contribution in [-0.4, -0.2) is 11.4 Å². The summed E-state index contributed by atoms with van der Waals surface area (Å²) in [4.78, 5) is -0.145. The lowest BCUT2D eigenvalue weighted by atomic mass is 9.95. The van der Waals surface area contributed by atoms with Crippen molar-refractivity contribution in [1.29, 1.82) is 0 Å². The van der Waals surface area contributed by atoms with Gasteiger partial charge in [0.15, 0.2) is 0 Å². The average molecular weight is 172 g/mol. The predicted molar refractivity (Wildman–Crippen MR) is 49.8 cm³/mol. The van der Waals surface area contributed by atoms with Gasteiger partial charge in [0, 0.05) is 0 Å². The number of alkyl halides is 1. The van der Waals surface area contributed by atoms with Crippen molar-refractivity contribution in [2.24, 2.45) is 5.73 Å². The molecule has 0 saturated heterocycles. The molecule has 0 amide bonds. The molecular weight excluding hydrogens is 158 g/mol. The van der Waals surface area contributed by atoms with E-state index in [4.69, 9.17) is 17.3 Å². The Labute approximate surface area is 72.9 Å².